The maximum absolute atomic E-state index is 11.0. The zero-order chi connectivity index (χ0) is 11.3. The number of rotatable bonds is 4. The molecule has 4 nitrogen and oxygen atoms in total. The van der Waals surface area contributed by atoms with Crippen molar-refractivity contribution in [3.63, 3.8) is 0 Å². The molecule has 0 saturated carbocycles. The molecule has 1 N–H and O–H groups in total. The summed E-state index contributed by atoms with van der Waals surface area (Å²) in [5.74, 6) is 0. The third kappa shape index (κ3) is 2.95. The van der Waals surface area contributed by atoms with E-state index in [1.54, 1.807) is 6.07 Å². The van der Waals surface area contributed by atoms with Gasteiger partial charge in [-0.05, 0) is 25.5 Å². The van der Waals surface area contributed by atoms with Crippen LogP contribution in [0, 0.1) is 6.92 Å². The number of ether oxygens (including phenoxy) is 1. The van der Waals surface area contributed by atoms with Crippen LogP contribution in [0.3, 0.4) is 0 Å². The predicted octanol–water partition coefficient (Wildman–Crippen LogP) is 2.47. The normalized spacial score (nSPS) is 10.0. The van der Waals surface area contributed by atoms with Gasteiger partial charge in [0.05, 0.1) is 5.69 Å². The van der Waals surface area contributed by atoms with Gasteiger partial charge in [-0.25, -0.2) is 4.79 Å². The Morgan fingerprint density at radius 3 is 2.67 bits per heavy atom. The van der Waals surface area contributed by atoms with Crippen LogP contribution in [0.15, 0.2) is 24.3 Å². The largest absolute Gasteiger partial charge is 0.465 e. The first-order valence-corrected chi connectivity index (χ1v) is 4.80. The zero-order valence-electron chi connectivity index (χ0n) is 8.93. The Bertz CT molecular complexity index is 338. The minimum Gasteiger partial charge on any atom is -0.465 e. The first kappa shape index (κ1) is 11.5. The quantitative estimate of drug-likeness (QED) is 0.775. The molecule has 4 heteroatoms. The van der Waals surface area contributed by atoms with Crippen LogP contribution in [0.25, 0.3) is 0 Å². The van der Waals surface area contributed by atoms with E-state index < -0.39 is 6.09 Å². The van der Waals surface area contributed by atoms with E-state index in [9.17, 15) is 4.79 Å². The number of para-hydroxylation sites is 1. The van der Waals surface area contributed by atoms with Crippen molar-refractivity contribution in [2.75, 3.05) is 18.2 Å². The number of aryl methyl sites for hydroxylation is 1. The van der Waals surface area contributed by atoms with E-state index in [2.05, 4.69) is 0 Å². The minimum absolute atomic E-state index is 0.0662. The summed E-state index contributed by atoms with van der Waals surface area (Å²) >= 11 is 0. The third-order valence-electron chi connectivity index (χ3n) is 2.06. The van der Waals surface area contributed by atoms with Crippen LogP contribution in [0.5, 0.6) is 0 Å². The molecule has 1 aromatic carbocycles. The highest BCUT2D eigenvalue weighted by atomic mass is 16.5. The Labute approximate surface area is 89.1 Å². The van der Waals surface area contributed by atoms with Crippen LogP contribution in [0.2, 0.25) is 0 Å². The van der Waals surface area contributed by atoms with E-state index in [0.29, 0.717) is 12.3 Å². The fraction of sp³-hybridized carbons (Fsp3) is 0.364. The summed E-state index contributed by atoms with van der Waals surface area (Å²) < 4.78 is 5.11. The monoisotopic (exact) mass is 209 g/mol. The van der Waals surface area contributed by atoms with Gasteiger partial charge in [0, 0.05) is 6.61 Å². The summed E-state index contributed by atoms with van der Waals surface area (Å²) in [6.07, 6.45) is -1.00. The van der Waals surface area contributed by atoms with Gasteiger partial charge in [-0.2, -0.15) is 0 Å². The first-order chi connectivity index (χ1) is 7.16. The van der Waals surface area contributed by atoms with Crippen LogP contribution in [-0.4, -0.2) is 24.5 Å². The molecule has 0 aliphatic carbocycles. The van der Waals surface area contributed by atoms with Crippen LogP contribution in [0.1, 0.15) is 12.5 Å². The van der Waals surface area contributed by atoms with Gasteiger partial charge >= 0.3 is 6.09 Å². The van der Waals surface area contributed by atoms with Crippen molar-refractivity contribution in [1.29, 1.82) is 0 Å². The lowest BCUT2D eigenvalue weighted by Gasteiger charge is -2.20. The number of anilines is 1. The van der Waals surface area contributed by atoms with Gasteiger partial charge in [0.2, 0.25) is 0 Å². The van der Waals surface area contributed by atoms with Gasteiger partial charge in [0.25, 0.3) is 0 Å². The van der Waals surface area contributed by atoms with Crippen LogP contribution in [0.4, 0.5) is 10.5 Å². The number of carboxylic acid groups (broad SMARTS) is 1. The van der Waals surface area contributed by atoms with E-state index in [-0.39, 0.29) is 6.73 Å². The maximum atomic E-state index is 11.0. The SMILES string of the molecule is CCOCN(C(=O)O)c1ccccc1C. The maximum Gasteiger partial charge on any atom is 0.413 e. The summed E-state index contributed by atoms with van der Waals surface area (Å²) in [6.45, 7) is 4.27. The molecule has 0 heterocycles. The Morgan fingerprint density at radius 1 is 1.47 bits per heavy atom. The number of hydrogen-bond acceptors (Lipinski definition) is 2. The van der Waals surface area contributed by atoms with Gasteiger partial charge in [-0.1, -0.05) is 18.2 Å². The molecule has 1 aromatic rings. The zero-order valence-corrected chi connectivity index (χ0v) is 8.93. The van der Waals surface area contributed by atoms with E-state index in [0.717, 1.165) is 5.56 Å². The summed E-state index contributed by atoms with van der Waals surface area (Å²) in [7, 11) is 0. The van der Waals surface area contributed by atoms with E-state index in [1.807, 2.05) is 32.0 Å². The molecule has 1 rings (SSSR count). The summed E-state index contributed by atoms with van der Waals surface area (Å²) in [4.78, 5) is 12.2. The predicted molar refractivity (Wildman–Crippen MR) is 58.2 cm³/mol. The summed E-state index contributed by atoms with van der Waals surface area (Å²) in [6, 6.07) is 7.32. The highest BCUT2D eigenvalue weighted by molar-refractivity contribution is 5.86. The number of carbonyl (C=O) groups is 1. The van der Waals surface area contributed by atoms with E-state index >= 15 is 0 Å². The second-order valence-electron chi connectivity index (χ2n) is 3.12. The van der Waals surface area contributed by atoms with Gasteiger partial charge in [-0.15, -0.1) is 0 Å². The van der Waals surface area contributed by atoms with Crippen molar-refractivity contribution in [3.8, 4) is 0 Å². The molecule has 1 amide bonds. The molecule has 0 aliphatic heterocycles. The molecule has 0 aromatic heterocycles. The lowest BCUT2D eigenvalue weighted by atomic mass is 10.2. The number of amides is 1. The molecule has 0 atom stereocenters. The van der Waals surface area contributed by atoms with Gasteiger partial charge < -0.3 is 9.84 Å². The van der Waals surface area contributed by atoms with Crippen LogP contribution < -0.4 is 4.90 Å². The Hall–Kier alpha value is -1.55. The Morgan fingerprint density at radius 2 is 2.13 bits per heavy atom. The number of benzene rings is 1. The number of nitrogens with zero attached hydrogens (tertiary/aromatic N) is 1. The van der Waals surface area contributed by atoms with Crippen molar-refractivity contribution < 1.29 is 14.6 Å². The first-order valence-electron chi connectivity index (χ1n) is 4.80. The fourth-order valence-corrected chi connectivity index (χ4v) is 1.28. The lowest BCUT2D eigenvalue weighted by molar-refractivity contribution is 0.137. The highest BCUT2D eigenvalue weighted by Crippen LogP contribution is 2.19. The van der Waals surface area contributed by atoms with E-state index in [1.165, 1.54) is 4.90 Å². The number of hydrogen-bond donors (Lipinski definition) is 1. The molecule has 0 unspecified atom stereocenters. The van der Waals surface area contributed by atoms with Crippen molar-refractivity contribution in [1.82, 2.24) is 0 Å². The standard InChI is InChI=1S/C11H15NO3/c1-3-15-8-12(11(13)14)10-7-5-4-6-9(10)2/h4-7H,3,8H2,1-2H3,(H,13,14). The second-order valence-corrected chi connectivity index (χ2v) is 3.12. The molecule has 0 spiro atoms. The van der Waals surface area contributed by atoms with Gasteiger partial charge in [0.1, 0.15) is 6.73 Å². The molecule has 0 fully saturated rings. The summed E-state index contributed by atoms with van der Waals surface area (Å²) in [5, 5.41) is 9.02. The lowest BCUT2D eigenvalue weighted by Crippen LogP contribution is -2.32. The van der Waals surface area contributed by atoms with Crippen molar-refractivity contribution in [2.24, 2.45) is 0 Å². The molecule has 0 radical (unpaired) electrons. The second kappa shape index (κ2) is 5.36. The molecule has 82 valence electrons. The molecule has 0 aliphatic rings. The van der Waals surface area contributed by atoms with Gasteiger partial charge in [-0.3, -0.25) is 4.90 Å². The third-order valence-corrected chi connectivity index (χ3v) is 2.06. The highest BCUT2D eigenvalue weighted by Gasteiger charge is 2.15. The van der Waals surface area contributed by atoms with E-state index in [4.69, 9.17) is 9.84 Å². The molecule has 15 heavy (non-hydrogen) atoms. The van der Waals surface area contributed by atoms with Crippen molar-refractivity contribution in [3.05, 3.63) is 29.8 Å². The smallest absolute Gasteiger partial charge is 0.413 e. The molecular weight excluding hydrogens is 194 g/mol. The van der Waals surface area contributed by atoms with Gasteiger partial charge in [0.15, 0.2) is 0 Å². The Balaban J connectivity index is 2.89. The molecule has 0 saturated heterocycles. The van der Waals surface area contributed by atoms with Crippen LogP contribution >= 0.6 is 0 Å². The van der Waals surface area contributed by atoms with Crippen molar-refractivity contribution >= 4 is 11.8 Å². The minimum atomic E-state index is -1.00. The molecular formula is C11H15NO3. The summed E-state index contributed by atoms with van der Waals surface area (Å²) in [5.41, 5.74) is 1.58. The fourth-order valence-electron chi connectivity index (χ4n) is 1.28. The topological polar surface area (TPSA) is 49.8 Å². The average molecular weight is 209 g/mol. The van der Waals surface area contributed by atoms with Crippen LogP contribution in [-0.2, 0) is 4.74 Å². The Kier molecular flexibility index (Phi) is 4.12. The van der Waals surface area contributed by atoms with Crippen molar-refractivity contribution in [2.45, 2.75) is 13.8 Å². The average Bonchev–Trinajstić information content (AvgIpc) is 2.20. The molecule has 0 bridgehead atoms.